The number of halogens is 1. The van der Waals surface area contributed by atoms with Gasteiger partial charge in [-0.05, 0) is 63.7 Å². The summed E-state index contributed by atoms with van der Waals surface area (Å²) in [4.78, 5) is 24.9. The molecule has 1 aromatic heterocycles. The van der Waals surface area contributed by atoms with E-state index in [1.165, 1.54) is 5.56 Å². The summed E-state index contributed by atoms with van der Waals surface area (Å²) in [6.07, 6.45) is 1.69. The van der Waals surface area contributed by atoms with Gasteiger partial charge in [0.15, 0.2) is 5.69 Å². The number of carbonyl (C=O) groups excluding carboxylic acids is 2. The Bertz CT molecular complexity index is 1170. The molecule has 2 N–H and O–H groups in total. The molecule has 32 heavy (non-hydrogen) atoms. The van der Waals surface area contributed by atoms with Crippen molar-refractivity contribution in [2.75, 3.05) is 5.32 Å². The number of aromatic nitrogens is 2. The minimum Gasteiger partial charge on any atom is -0.322 e. The quantitative estimate of drug-likeness (QED) is 0.390. The molecule has 0 aliphatic rings. The fourth-order valence-electron chi connectivity index (χ4n) is 3.01. The summed E-state index contributed by atoms with van der Waals surface area (Å²) in [6, 6.07) is 14.9. The highest BCUT2D eigenvalue weighted by molar-refractivity contribution is 9.10. The highest BCUT2D eigenvalue weighted by Crippen LogP contribution is 2.22. The lowest BCUT2D eigenvalue weighted by molar-refractivity contribution is 0.0947. The molecule has 2 aromatic carbocycles. The van der Waals surface area contributed by atoms with E-state index in [2.05, 4.69) is 57.6 Å². The Kier molecular flexibility index (Phi) is 6.93. The van der Waals surface area contributed by atoms with Crippen molar-refractivity contribution in [3.63, 3.8) is 0 Å². The lowest BCUT2D eigenvalue weighted by Crippen LogP contribution is -2.20. The largest absolute Gasteiger partial charge is 0.322 e. The second kappa shape index (κ2) is 9.48. The second-order valence-electron chi connectivity index (χ2n) is 8.50. The normalized spacial score (nSPS) is 11.9. The SMILES string of the molecule is C/C(=N/NC(=O)c1nn(C)cc1Br)c1cccc(NC(=O)c2ccc(C(C)(C)C)cc2)c1. The van der Waals surface area contributed by atoms with Gasteiger partial charge in [-0.2, -0.15) is 10.2 Å². The van der Waals surface area contributed by atoms with Crippen molar-refractivity contribution in [3.05, 3.63) is 81.6 Å². The number of hydrogen-bond acceptors (Lipinski definition) is 4. The topological polar surface area (TPSA) is 88.4 Å². The number of rotatable bonds is 5. The van der Waals surface area contributed by atoms with E-state index in [0.717, 1.165) is 5.56 Å². The van der Waals surface area contributed by atoms with Crippen LogP contribution in [0.2, 0.25) is 0 Å². The van der Waals surface area contributed by atoms with Gasteiger partial charge in [-0.25, -0.2) is 5.43 Å². The van der Waals surface area contributed by atoms with Crippen LogP contribution in [0, 0.1) is 0 Å². The molecule has 0 radical (unpaired) electrons. The molecule has 3 aromatic rings. The number of carbonyl (C=O) groups is 2. The fourth-order valence-corrected chi connectivity index (χ4v) is 3.57. The Labute approximate surface area is 196 Å². The maximum absolute atomic E-state index is 12.7. The summed E-state index contributed by atoms with van der Waals surface area (Å²) < 4.78 is 2.13. The third kappa shape index (κ3) is 5.70. The zero-order chi connectivity index (χ0) is 23.5. The number of hydrogen-bond donors (Lipinski definition) is 2. The molecule has 0 saturated heterocycles. The van der Waals surface area contributed by atoms with Gasteiger partial charge in [-0.1, -0.05) is 45.0 Å². The maximum Gasteiger partial charge on any atom is 0.293 e. The lowest BCUT2D eigenvalue weighted by atomic mass is 9.87. The molecule has 0 aliphatic carbocycles. The van der Waals surface area contributed by atoms with Crippen molar-refractivity contribution in [2.45, 2.75) is 33.1 Å². The van der Waals surface area contributed by atoms with Crippen LogP contribution in [0.15, 0.2) is 64.3 Å². The Morgan fingerprint density at radius 1 is 1.03 bits per heavy atom. The van der Waals surface area contributed by atoms with Crippen molar-refractivity contribution in [3.8, 4) is 0 Å². The standard InChI is InChI=1S/C24H26BrN5O2/c1-15(27-28-23(32)21-20(25)14-30(5)29-21)17-7-6-8-19(13-17)26-22(31)16-9-11-18(12-10-16)24(2,3)4/h6-14H,1-5H3,(H,26,31)(H,28,32)/b27-15-. The number of hydrazone groups is 1. The Hall–Kier alpha value is -3.26. The highest BCUT2D eigenvalue weighted by atomic mass is 79.9. The fraction of sp³-hybridized carbons (Fsp3) is 0.250. The molecule has 0 saturated carbocycles. The van der Waals surface area contributed by atoms with Crippen LogP contribution in [-0.4, -0.2) is 27.3 Å². The number of amides is 2. The summed E-state index contributed by atoms with van der Waals surface area (Å²) >= 11 is 3.30. The molecule has 0 spiro atoms. The van der Waals surface area contributed by atoms with Gasteiger partial charge in [0.1, 0.15) is 0 Å². The first-order valence-electron chi connectivity index (χ1n) is 10.1. The van der Waals surface area contributed by atoms with Crippen LogP contribution in [0.4, 0.5) is 5.69 Å². The van der Waals surface area contributed by atoms with Crippen LogP contribution >= 0.6 is 15.9 Å². The first kappa shape index (κ1) is 23.4. The van der Waals surface area contributed by atoms with E-state index in [0.29, 0.717) is 21.4 Å². The average molecular weight is 496 g/mol. The van der Waals surface area contributed by atoms with Crippen LogP contribution in [-0.2, 0) is 12.5 Å². The molecule has 3 rings (SSSR count). The summed E-state index contributed by atoms with van der Waals surface area (Å²) in [7, 11) is 1.73. The van der Waals surface area contributed by atoms with Gasteiger partial charge in [-0.15, -0.1) is 0 Å². The van der Waals surface area contributed by atoms with Crippen molar-refractivity contribution in [1.29, 1.82) is 0 Å². The average Bonchev–Trinajstić information content (AvgIpc) is 3.09. The second-order valence-corrected chi connectivity index (χ2v) is 9.35. The lowest BCUT2D eigenvalue weighted by Gasteiger charge is -2.19. The van der Waals surface area contributed by atoms with Crippen molar-refractivity contribution < 1.29 is 9.59 Å². The van der Waals surface area contributed by atoms with Gasteiger partial charge in [0.05, 0.1) is 10.2 Å². The van der Waals surface area contributed by atoms with Gasteiger partial charge in [0.2, 0.25) is 0 Å². The third-order valence-corrected chi connectivity index (χ3v) is 5.46. The first-order chi connectivity index (χ1) is 15.0. The molecule has 166 valence electrons. The number of nitrogens with one attached hydrogen (secondary N) is 2. The number of nitrogens with zero attached hydrogens (tertiary/aromatic N) is 3. The van der Waals surface area contributed by atoms with Crippen molar-refractivity contribution in [2.24, 2.45) is 12.1 Å². The van der Waals surface area contributed by atoms with Crippen LogP contribution in [0.3, 0.4) is 0 Å². The van der Waals surface area contributed by atoms with E-state index >= 15 is 0 Å². The molecule has 0 fully saturated rings. The number of aryl methyl sites for hydroxylation is 1. The zero-order valence-corrected chi connectivity index (χ0v) is 20.3. The smallest absolute Gasteiger partial charge is 0.293 e. The van der Waals surface area contributed by atoms with Crippen LogP contribution in [0.1, 0.15) is 59.7 Å². The van der Waals surface area contributed by atoms with E-state index in [-0.39, 0.29) is 17.0 Å². The molecule has 7 nitrogen and oxygen atoms in total. The van der Waals surface area contributed by atoms with E-state index in [1.54, 1.807) is 24.9 Å². The van der Waals surface area contributed by atoms with Crippen molar-refractivity contribution in [1.82, 2.24) is 15.2 Å². The molecule has 0 bridgehead atoms. The van der Waals surface area contributed by atoms with Crippen LogP contribution in [0.25, 0.3) is 0 Å². The third-order valence-electron chi connectivity index (χ3n) is 4.88. The molecule has 0 aliphatic heterocycles. The van der Waals surface area contributed by atoms with Gasteiger partial charge in [0, 0.05) is 24.5 Å². The summed E-state index contributed by atoms with van der Waals surface area (Å²) in [6.45, 7) is 8.18. The number of benzene rings is 2. The minimum absolute atomic E-state index is 0.0300. The molecule has 1 heterocycles. The maximum atomic E-state index is 12.7. The predicted octanol–water partition coefficient (Wildman–Crippen LogP) is 4.89. The van der Waals surface area contributed by atoms with Gasteiger partial charge in [0.25, 0.3) is 11.8 Å². The molecule has 8 heteroatoms. The van der Waals surface area contributed by atoms with Crippen LogP contribution in [0.5, 0.6) is 0 Å². The summed E-state index contributed by atoms with van der Waals surface area (Å²) in [5, 5.41) is 11.2. The molecular weight excluding hydrogens is 470 g/mol. The van der Waals surface area contributed by atoms with Crippen LogP contribution < -0.4 is 10.7 Å². The molecular formula is C24H26BrN5O2. The van der Waals surface area contributed by atoms with Crippen molar-refractivity contribution >= 4 is 39.1 Å². The van der Waals surface area contributed by atoms with E-state index in [9.17, 15) is 9.59 Å². The Morgan fingerprint density at radius 3 is 2.31 bits per heavy atom. The van der Waals surface area contributed by atoms with E-state index in [1.807, 2.05) is 48.5 Å². The Morgan fingerprint density at radius 2 is 1.72 bits per heavy atom. The number of anilines is 1. The zero-order valence-electron chi connectivity index (χ0n) is 18.7. The summed E-state index contributed by atoms with van der Waals surface area (Å²) in [5.41, 5.74) is 6.55. The molecule has 0 unspecified atom stereocenters. The Balaban J connectivity index is 1.69. The first-order valence-corrected chi connectivity index (χ1v) is 10.9. The van der Waals surface area contributed by atoms with Gasteiger partial charge in [-0.3, -0.25) is 14.3 Å². The van der Waals surface area contributed by atoms with E-state index in [4.69, 9.17) is 0 Å². The van der Waals surface area contributed by atoms with Gasteiger partial charge >= 0.3 is 0 Å². The van der Waals surface area contributed by atoms with Gasteiger partial charge < -0.3 is 5.32 Å². The van der Waals surface area contributed by atoms with E-state index < -0.39 is 5.91 Å². The molecule has 0 atom stereocenters. The highest BCUT2D eigenvalue weighted by Gasteiger charge is 2.15. The predicted molar refractivity (Wildman–Crippen MR) is 130 cm³/mol. The monoisotopic (exact) mass is 495 g/mol. The molecule has 2 amide bonds. The summed E-state index contributed by atoms with van der Waals surface area (Å²) in [5.74, 6) is -0.606. The minimum atomic E-state index is -0.417.